The lowest BCUT2D eigenvalue weighted by Gasteiger charge is -2.04. The first-order valence-corrected chi connectivity index (χ1v) is 4.88. The molecule has 1 aromatic rings. The van der Waals surface area contributed by atoms with E-state index in [1.165, 1.54) is 4.68 Å². The number of amides is 2. The van der Waals surface area contributed by atoms with Gasteiger partial charge in [-0.05, 0) is 6.07 Å². The van der Waals surface area contributed by atoms with Crippen LogP contribution in [0.3, 0.4) is 0 Å². The second-order valence-electron chi connectivity index (χ2n) is 3.21. The summed E-state index contributed by atoms with van der Waals surface area (Å²) in [7, 11) is 1.55. The Morgan fingerprint density at radius 1 is 1.50 bits per heavy atom. The molecule has 7 nitrogen and oxygen atoms in total. The Morgan fingerprint density at radius 3 is 2.81 bits per heavy atom. The molecule has 7 heteroatoms. The van der Waals surface area contributed by atoms with Crippen molar-refractivity contribution in [2.45, 2.75) is 13.0 Å². The van der Waals surface area contributed by atoms with Crippen LogP contribution < -0.4 is 16.4 Å². The van der Waals surface area contributed by atoms with Gasteiger partial charge < -0.3 is 16.4 Å². The van der Waals surface area contributed by atoms with Gasteiger partial charge in [-0.15, -0.1) is 0 Å². The second kappa shape index (κ2) is 5.74. The number of hydrogen-bond donors (Lipinski definition) is 3. The third-order valence-corrected chi connectivity index (χ3v) is 1.92. The van der Waals surface area contributed by atoms with Crippen molar-refractivity contribution in [1.82, 2.24) is 20.4 Å². The van der Waals surface area contributed by atoms with Gasteiger partial charge in [0.15, 0.2) is 0 Å². The largest absolute Gasteiger partial charge is 0.382 e. The molecule has 88 valence electrons. The number of hydrogen-bond acceptors (Lipinski definition) is 4. The molecule has 0 bridgehead atoms. The lowest BCUT2D eigenvalue weighted by Crippen LogP contribution is -2.31. The van der Waals surface area contributed by atoms with Crippen LogP contribution in [0, 0.1) is 0 Å². The third kappa shape index (κ3) is 3.99. The van der Waals surface area contributed by atoms with Crippen molar-refractivity contribution in [1.29, 1.82) is 0 Å². The van der Waals surface area contributed by atoms with E-state index in [0.29, 0.717) is 12.4 Å². The number of aromatic nitrogens is 2. The molecule has 1 aromatic heterocycles. The van der Waals surface area contributed by atoms with Gasteiger partial charge in [-0.1, -0.05) is 0 Å². The number of carbonyl (C=O) groups is 2. The monoisotopic (exact) mass is 225 g/mol. The van der Waals surface area contributed by atoms with E-state index in [-0.39, 0.29) is 24.8 Å². The van der Waals surface area contributed by atoms with E-state index in [1.54, 1.807) is 19.3 Å². The average Bonchev–Trinajstić information content (AvgIpc) is 2.63. The van der Waals surface area contributed by atoms with Crippen LogP contribution in [0.4, 0.5) is 5.82 Å². The lowest BCUT2D eigenvalue weighted by atomic mass is 10.4. The van der Waals surface area contributed by atoms with E-state index >= 15 is 0 Å². The predicted molar refractivity (Wildman–Crippen MR) is 58.3 cm³/mol. The SMILES string of the molecule is CNC(=O)CCNC(=O)Cn1ccc(N)n1. The Hall–Kier alpha value is -2.05. The molecule has 4 N–H and O–H groups in total. The number of nitrogens with zero attached hydrogens (tertiary/aromatic N) is 2. The van der Waals surface area contributed by atoms with Crippen molar-refractivity contribution in [2.75, 3.05) is 19.3 Å². The normalized spacial score (nSPS) is 9.81. The van der Waals surface area contributed by atoms with Gasteiger partial charge in [0, 0.05) is 26.2 Å². The Bertz CT molecular complexity index is 374. The summed E-state index contributed by atoms with van der Waals surface area (Å²) in [5, 5.41) is 8.94. The van der Waals surface area contributed by atoms with E-state index in [0.717, 1.165) is 0 Å². The summed E-state index contributed by atoms with van der Waals surface area (Å²) >= 11 is 0. The molecule has 0 saturated heterocycles. The molecule has 0 spiro atoms. The predicted octanol–water partition coefficient (Wildman–Crippen LogP) is -1.28. The molecule has 0 aliphatic rings. The maximum absolute atomic E-state index is 11.3. The standard InChI is InChI=1S/C9H15N5O2/c1-11-8(15)2-4-12-9(16)6-14-5-3-7(10)13-14/h3,5H,2,4,6H2,1H3,(H2,10,13)(H,11,15)(H,12,16). The van der Waals surface area contributed by atoms with Gasteiger partial charge in [-0.2, -0.15) is 5.10 Å². The Morgan fingerprint density at radius 2 is 2.25 bits per heavy atom. The summed E-state index contributed by atoms with van der Waals surface area (Å²) in [6.07, 6.45) is 1.89. The fraction of sp³-hybridized carbons (Fsp3) is 0.444. The van der Waals surface area contributed by atoms with Gasteiger partial charge in [0.2, 0.25) is 11.8 Å². The second-order valence-corrected chi connectivity index (χ2v) is 3.21. The van der Waals surface area contributed by atoms with Crippen LogP contribution in [0.25, 0.3) is 0 Å². The Balaban J connectivity index is 2.23. The first-order chi connectivity index (χ1) is 7.61. The molecule has 0 aliphatic heterocycles. The molecule has 1 rings (SSSR count). The van der Waals surface area contributed by atoms with Gasteiger partial charge in [-0.3, -0.25) is 14.3 Å². The number of anilines is 1. The molecule has 0 unspecified atom stereocenters. The molecule has 0 aliphatic carbocycles. The molecule has 2 amide bonds. The number of nitrogens with two attached hydrogens (primary N) is 1. The van der Waals surface area contributed by atoms with Crippen LogP contribution in [0.15, 0.2) is 12.3 Å². The van der Waals surface area contributed by atoms with E-state index in [1.807, 2.05) is 0 Å². The number of nitrogen functional groups attached to an aromatic ring is 1. The molecule has 0 radical (unpaired) electrons. The smallest absolute Gasteiger partial charge is 0.241 e. The molecule has 0 fully saturated rings. The topological polar surface area (TPSA) is 102 Å². The summed E-state index contributed by atoms with van der Waals surface area (Å²) in [5.41, 5.74) is 5.40. The lowest BCUT2D eigenvalue weighted by molar-refractivity contribution is -0.122. The first-order valence-electron chi connectivity index (χ1n) is 4.88. The minimum atomic E-state index is -0.202. The quantitative estimate of drug-likeness (QED) is 0.580. The van der Waals surface area contributed by atoms with Crippen LogP contribution in [0.2, 0.25) is 0 Å². The maximum Gasteiger partial charge on any atom is 0.241 e. The Kier molecular flexibility index (Phi) is 4.31. The van der Waals surface area contributed by atoms with E-state index in [4.69, 9.17) is 5.73 Å². The van der Waals surface area contributed by atoms with Gasteiger partial charge in [0.05, 0.1) is 0 Å². The van der Waals surface area contributed by atoms with Crippen molar-refractivity contribution >= 4 is 17.6 Å². The highest BCUT2D eigenvalue weighted by Gasteiger charge is 2.04. The molecular formula is C9H15N5O2. The van der Waals surface area contributed by atoms with Crippen LogP contribution in [0.1, 0.15) is 6.42 Å². The molecule has 0 saturated carbocycles. The van der Waals surface area contributed by atoms with Crippen LogP contribution >= 0.6 is 0 Å². The van der Waals surface area contributed by atoms with Gasteiger partial charge in [0.1, 0.15) is 12.4 Å². The highest BCUT2D eigenvalue weighted by molar-refractivity contribution is 5.78. The fourth-order valence-electron chi connectivity index (χ4n) is 1.11. The molecule has 16 heavy (non-hydrogen) atoms. The summed E-state index contributed by atoms with van der Waals surface area (Å²) in [4.78, 5) is 22.2. The minimum Gasteiger partial charge on any atom is -0.382 e. The van der Waals surface area contributed by atoms with E-state index in [2.05, 4.69) is 15.7 Å². The highest BCUT2D eigenvalue weighted by atomic mass is 16.2. The molecular weight excluding hydrogens is 210 g/mol. The van der Waals surface area contributed by atoms with E-state index < -0.39 is 0 Å². The zero-order valence-corrected chi connectivity index (χ0v) is 9.06. The van der Waals surface area contributed by atoms with Crippen molar-refractivity contribution in [2.24, 2.45) is 0 Å². The van der Waals surface area contributed by atoms with Crippen molar-refractivity contribution in [3.63, 3.8) is 0 Å². The fourth-order valence-corrected chi connectivity index (χ4v) is 1.11. The molecule has 0 aromatic carbocycles. The molecule has 0 atom stereocenters. The first kappa shape index (κ1) is 12.0. The average molecular weight is 225 g/mol. The van der Waals surface area contributed by atoms with Gasteiger partial charge in [0.25, 0.3) is 0 Å². The zero-order chi connectivity index (χ0) is 12.0. The van der Waals surface area contributed by atoms with Gasteiger partial charge >= 0.3 is 0 Å². The minimum absolute atomic E-state index is 0.102. The van der Waals surface area contributed by atoms with E-state index in [9.17, 15) is 9.59 Å². The van der Waals surface area contributed by atoms with Crippen molar-refractivity contribution < 1.29 is 9.59 Å². The van der Waals surface area contributed by atoms with Crippen molar-refractivity contribution in [3.8, 4) is 0 Å². The summed E-state index contributed by atoms with van der Waals surface area (Å²) in [6.45, 7) is 0.417. The third-order valence-electron chi connectivity index (χ3n) is 1.92. The van der Waals surface area contributed by atoms with Crippen LogP contribution in [0.5, 0.6) is 0 Å². The maximum atomic E-state index is 11.3. The number of carbonyl (C=O) groups excluding carboxylic acids is 2. The van der Waals surface area contributed by atoms with Gasteiger partial charge in [-0.25, -0.2) is 0 Å². The zero-order valence-electron chi connectivity index (χ0n) is 9.06. The number of nitrogens with one attached hydrogen (secondary N) is 2. The van der Waals surface area contributed by atoms with Crippen molar-refractivity contribution in [3.05, 3.63) is 12.3 Å². The summed E-state index contributed by atoms with van der Waals surface area (Å²) < 4.78 is 1.44. The summed E-state index contributed by atoms with van der Waals surface area (Å²) in [6, 6.07) is 1.61. The summed E-state index contributed by atoms with van der Waals surface area (Å²) in [5.74, 6) is 0.0637. The highest BCUT2D eigenvalue weighted by Crippen LogP contribution is 1.94. The number of rotatable bonds is 5. The molecule has 1 heterocycles. The van der Waals surface area contributed by atoms with Crippen LogP contribution in [-0.2, 0) is 16.1 Å². The van der Waals surface area contributed by atoms with Crippen LogP contribution in [-0.4, -0.2) is 35.2 Å². The Labute approximate surface area is 93.0 Å².